The van der Waals surface area contributed by atoms with Gasteiger partial charge in [-0.25, -0.2) is 0 Å². The topological polar surface area (TPSA) is 99.8 Å². The number of hydrogen-bond acceptors (Lipinski definition) is 6. The van der Waals surface area contributed by atoms with Gasteiger partial charge >= 0.3 is 12.4 Å². The third-order valence-corrected chi connectivity index (χ3v) is 7.93. The summed E-state index contributed by atoms with van der Waals surface area (Å²) in [6.07, 6.45) is -6.40. The van der Waals surface area contributed by atoms with Gasteiger partial charge in [-0.05, 0) is 59.7 Å². The van der Waals surface area contributed by atoms with Gasteiger partial charge < -0.3 is 15.3 Å². The van der Waals surface area contributed by atoms with Crippen LogP contribution in [-0.2, 0) is 28.5 Å². The van der Waals surface area contributed by atoms with Crippen LogP contribution >= 0.6 is 11.8 Å². The molecule has 0 saturated carbocycles. The highest BCUT2D eigenvalue weighted by atomic mass is 32.2. The Kier molecular flexibility index (Phi) is 7.83. The molecule has 2 aromatic carbocycles. The number of nitrogens with one attached hydrogen (secondary N) is 1. The summed E-state index contributed by atoms with van der Waals surface area (Å²) < 4.78 is 81.1. The van der Waals surface area contributed by atoms with Crippen molar-refractivity contribution in [2.75, 3.05) is 13.2 Å². The quantitative estimate of drug-likeness (QED) is 0.322. The van der Waals surface area contributed by atoms with Crippen LogP contribution in [0.25, 0.3) is 17.0 Å². The number of fused-ring (bicyclic) bond motifs is 1. The maximum Gasteiger partial charge on any atom is 0.416 e. The van der Waals surface area contributed by atoms with Crippen molar-refractivity contribution < 1.29 is 41.0 Å². The number of rotatable bonds is 5. The van der Waals surface area contributed by atoms with Crippen molar-refractivity contribution in [1.82, 2.24) is 20.0 Å². The number of alkyl halides is 6. The number of halogens is 6. The number of hydrogen-bond donors (Lipinski definition) is 2. The molecule has 1 saturated heterocycles. The molecule has 5 rings (SSSR count). The fraction of sp³-hybridized carbons (Fsp3) is 0.333. The van der Waals surface area contributed by atoms with Gasteiger partial charge in [0.15, 0.2) is 5.17 Å². The van der Waals surface area contributed by atoms with Crippen molar-refractivity contribution in [3.8, 4) is 0 Å². The fourth-order valence-electron chi connectivity index (χ4n) is 5.03. The van der Waals surface area contributed by atoms with E-state index in [0.29, 0.717) is 45.6 Å². The molecule has 0 unspecified atom stereocenters. The minimum atomic E-state index is -5.00. The highest BCUT2D eigenvalue weighted by Gasteiger charge is 2.39. The lowest BCUT2D eigenvalue weighted by Crippen LogP contribution is -2.38. The molecule has 3 aromatic rings. The zero-order valence-corrected chi connectivity index (χ0v) is 22.6. The maximum absolute atomic E-state index is 13.6. The minimum absolute atomic E-state index is 0.100. The van der Waals surface area contributed by atoms with Crippen molar-refractivity contribution in [3.63, 3.8) is 0 Å². The van der Waals surface area contributed by atoms with Crippen LogP contribution in [-0.4, -0.2) is 62.0 Å². The summed E-state index contributed by atoms with van der Waals surface area (Å²) in [4.78, 5) is 30.3. The van der Waals surface area contributed by atoms with Crippen molar-refractivity contribution in [2.45, 2.75) is 44.3 Å². The molecule has 42 heavy (non-hydrogen) atoms. The Bertz CT molecular complexity index is 1610. The molecule has 15 heteroatoms. The number of aromatic nitrogens is 2. The first-order valence-electron chi connectivity index (χ1n) is 12.6. The van der Waals surface area contributed by atoms with Gasteiger partial charge in [0.1, 0.15) is 0 Å². The molecular formula is C27H23F6N5O3S. The van der Waals surface area contributed by atoms with Crippen molar-refractivity contribution >= 4 is 45.7 Å². The van der Waals surface area contributed by atoms with Gasteiger partial charge in [0.2, 0.25) is 5.91 Å². The van der Waals surface area contributed by atoms with Gasteiger partial charge in [0, 0.05) is 24.9 Å². The molecule has 3 heterocycles. The zero-order valence-electron chi connectivity index (χ0n) is 21.8. The summed E-state index contributed by atoms with van der Waals surface area (Å²) >= 11 is 1.13. The fourth-order valence-corrected chi connectivity index (χ4v) is 6.02. The number of likely N-dealkylation sites (tertiary alicyclic amines) is 1. The van der Waals surface area contributed by atoms with Crippen LogP contribution in [0.2, 0.25) is 0 Å². The average Bonchev–Trinajstić information content (AvgIpc) is 3.59. The lowest BCUT2D eigenvalue weighted by Gasteiger charge is -2.23. The molecule has 222 valence electrons. The van der Waals surface area contributed by atoms with Crippen molar-refractivity contribution in [1.29, 1.82) is 0 Å². The molecule has 2 atom stereocenters. The third-order valence-electron chi connectivity index (χ3n) is 6.91. The van der Waals surface area contributed by atoms with E-state index in [0.717, 1.165) is 17.8 Å². The van der Waals surface area contributed by atoms with E-state index in [1.165, 1.54) is 17.8 Å². The lowest BCUT2D eigenvalue weighted by atomic mass is 10.0. The number of thioether (sulfide) groups is 1. The molecule has 8 nitrogen and oxygen atoms in total. The Hall–Kier alpha value is -3.85. The second kappa shape index (κ2) is 11.1. The Labute approximate surface area is 239 Å². The summed E-state index contributed by atoms with van der Waals surface area (Å²) in [7, 11) is 0. The summed E-state index contributed by atoms with van der Waals surface area (Å²) in [5, 5.41) is 17.7. The molecule has 2 aliphatic heterocycles. The van der Waals surface area contributed by atoms with Crippen LogP contribution in [0.3, 0.4) is 0 Å². The molecule has 0 aliphatic carbocycles. The summed E-state index contributed by atoms with van der Waals surface area (Å²) in [5.41, 5.74) is -2.11. The number of carbonyl (C=O) groups is 2. The largest absolute Gasteiger partial charge is 0.416 e. The van der Waals surface area contributed by atoms with Crippen LogP contribution in [0.4, 0.5) is 26.3 Å². The standard InChI is InChI=1S/C27H23F6N5O3S/c1-14(40)35-19-9-20(13-39)37(12-19)25-36-24(41)23(42-25)7-15-2-5-22-17(6-15)10-34-38(22)11-16-3-4-18(26(28,29)30)8-21(16)27(31,32)33/h2-8,10,19-20,39H,9,11-13H2,1H3,(H,35,40)/b23-7-/t19-,20-/m1/s1. The van der Waals surface area contributed by atoms with E-state index in [9.17, 15) is 41.0 Å². The highest BCUT2D eigenvalue weighted by molar-refractivity contribution is 8.18. The predicted molar refractivity (Wildman–Crippen MR) is 143 cm³/mol. The lowest BCUT2D eigenvalue weighted by molar-refractivity contribution is -0.143. The van der Waals surface area contributed by atoms with E-state index in [4.69, 9.17) is 0 Å². The van der Waals surface area contributed by atoms with Crippen molar-refractivity contribution in [3.05, 3.63) is 69.8 Å². The van der Waals surface area contributed by atoms with Crippen LogP contribution in [0.5, 0.6) is 0 Å². The number of amidine groups is 1. The molecule has 1 aromatic heterocycles. The molecular weight excluding hydrogens is 588 g/mol. The zero-order chi connectivity index (χ0) is 30.4. The van der Waals surface area contributed by atoms with Gasteiger partial charge in [-0.15, -0.1) is 0 Å². The monoisotopic (exact) mass is 611 g/mol. The van der Waals surface area contributed by atoms with E-state index in [-0.39, 0.29) is 36.2 Å². The second-order valence-electron chi connectivity index (χ2n) is 9.92. The van der Waals surface area contributed by atoms with Crippen LogP contribution in [0.15, 0.2) is 52.5 Å². The summed E-state index contributed by atoms with van der Waals surface area (Å²) in [6, 6.07) is 5.91. The average molecular weight is 612 g/mol. The first-order chi connectivity index (χ1) is 19.7. The van der Waals surface area contributed by atoms with E-state index >= 15 is 0 Å². The summed E-state index contributed by atoms with van der Waals surface area (Å²) in [6.45, 7) is 1.19. The number of carbonyl (C=O) groups excluding carboxylic acids is 2. The molecule has 1 fully saturated rings. The Balaban J connectivity index is 1.35. The first-order valence-corrected chi connectivity index (χ1v) is 13.4. The van der Waals surface area contributed by atoms with E-state index in [2.05, 4.69) is 15.4 Å². The molecule has 2 N–H and O–H groups in total. The molecule has 0 spiro atoms. The van der Waals surface area contributed by atoms with Crippen LogP contribution < -0.4 is 5.32 Å². The summed E-state index contributed by atoms with van der Waals surface area (Å²) in [5.74, 6) is -0.678. The smallest absolute Gasteiger partial charge is 0.394 e. The van der Waals surface area contributed by atoms with E-state index < -0.39 is 35.9 Å². The third kappa shape index (κ3) is 6.16. The molecule has 2 aliphatic rings. The van der Waals surface area contributed by atoms with Crippen LogP contribution in [0.1, 0.15) is 35.6 Å². The van der Waals surface area contributed by atoms with Gasteiger partial charge in [-0.1, -0.05) is 12.1 Å². The normalized spacial score (nSPS) is 20.6. The predicted octanol–water partition coefficient (Wildman–Crippen LogP) is 4.66. The second-order valence-corrected chi connectivity index (χ2v) is 10.9. The number of aliphatic imine (C=N–C) groups is 1. The number of nitrogens with zero attached hydrogens (tertiary/aromatic N) is 4. The number of benzene rings is 2. The molecule has 2 amide bonds. The van der Waals surface area contributed by atoms with Gasteiger partial charge in [-0.3, -0.25) is 14.3 Å². The maximum atomic E-state index is 13.6. The number of aliphatic hydroxyl groups is 1. The van der Waals surface area contributed by atoms with E-state index in [1.807, 2.05) is 0 Å². The molecule has 0 radical (unpaired) electrons. The minimum Gasteiger partial charge on any atom is -0.394 e. The van der Waals surface area contributed by atoms with Gasteiger partial charge in [0.05, 0.1) is 46.9 Å². The SMILES string of the molecule is CC(=O)N[C@@H]1C[C@H](CO)N(C2=NC(=O)/C(=C/c3ccc4c(cnn4Cc4ccc(C(F)(F)F)cc4C(F)(F)F)c3)S2)C1. The van der Waals surface area contributed by atoms with Crippen molar-refractivity contribution in [2.24, 2.45) is 4.99 Å². The van der Waals surface area contributed by atoms with E-state index in [1.54, 1.807) is 29.2 Å². The Morgan fingerprint density at radius 2 is 1.90 bits per heavy atom. The molecule has 0 bridgehead atoms. The van der Waals surface area contributed by atoms with Gasteiger partial charge in [-0.2, -0.15) is 36.4 Å². The first kappa shape index (κ1) is 29.6. The number of amides is 2. The Morgan fingerprint density at radius 3 is 2.57 bits per heavy atom. The number of aliphatic hydroxyl groups excluding tert-OH is 1. The highest BCUT2D eigenvalue weighted by Crippen LogP contribution is 2.38. The Morgan fingerprint density at radius 1 is 1.14 bits per heavy atom. The van der Waals surface area contributed by atoms with Crippen LogP contribution in [0, 0.1) is 0 Å². The van der Waals surface area contributed by atoms with Gasteiger partial charge in [0.25, 0.3) is 5.91 Å².